The molecule has 1 aliphatic rings. The number of rotatable bonds is 4. The van der Waals surface area contributed by atoms with Gasteiger partial charge in [-0.1, -0.05) is 36.0 Å². The smallest absolute Gasteiger partial charge is 0.267 e. The Morgan fingerprint density at radius 1 is 1.00 bits per heavy atom. The number of hydrogen-bond acceptors (Lipinski definition) is 6. The SMILES string of the molecule is Cc1cccc2nc(CSc3nc4sc5c(c4c(=O)n3-c3ccccc3)CCCC5)cc(=O)n12. The van der Waals surface area contributed by atoms with Gasteiger partial charge in [-0.3, -0.25) is 18.6 Å². The quantitative estimate of drug-likeness (QED) is 0.266. The van der Waals surface area contributed by atoms with Crippen LogP contribution in [0, 0.1) is 6.92 Å². The van der Waals surface area contributed by atoms with Gasteiger partial charge in [-0.15, -0.1) is 11.3 Å². The summed E-state index contributed by atoms with van der Waals surface area (Å²) in [6.07, 6.45) is 4.24. The Labute approximate surface area is 203 Å². The van der Waals surface area contributed by atoms with Gasteiger partial charge in [0, 0.05) is 22.4 Å². The van der Waals surface area contributed by atoms with E-state index in [0.717, 1.165) is 47.3 Å². The molecule has 0 aliphatic heterocycles. The monoisotopic (exact) mass is 486 g/mol. The Kier molecular flexibility index (Phi) is 5.34. The first-order valence-electron chi connectivity index (χ1n) is 11.3. The van der Waals surface area contributed by atoms with E-state index in [9.17, 15) is 9.59 Å². The van der Waals surface area contributed by atoms with Crippen LogP contribution in [0.2, 0.25) is 0 Å². The van der Waals surface area contributed by atoms with Crippen molar-refractivity contribution >= 4 is 39.0 Å². The molecule has 8 heteroatoms. The molecule has 0 radical (unpaired) electrons. The van der Waals surface area contributed by atoms with Crippen LogP contribution in [0.15, 0.2) is 69.3 Å². The molecule has 0 unspecified atom stereocenters. The van der Waals surface area contributed by atoms with Crippen molar-refractivity contribution in [2.45, 2.75) is 43.5 Å². The molecule has 0 saturated carbocycles. The minimum absolute atomic E-state index is 0.0136. The van der Waals surface area contributed by atoms with E-state index in [4.69, 9.17) is 4.98 Å². The van der Waals surface area contributed by atoms with E-state index in [1.54, 1.807) is 26.4 Å². The van der Waals surface area contributed by atoms with Crippen LogP contribution in [-0.4, -0.2) is 18.9 Å². The summed E-state index contributed by atoms with van der Waals surface area (Å²) in [6, 6.07) is 16.9. The first-order chi connectivity index (χ1) is 16.6. The van der Waals surface area contributed by atoms with Gasteiger partial charge in [0.2, 0.25) is 0 Å². The Balaban J connectivity index is 1.47. The largest absolute Gasteiger partial charge is 0.269 e. The van der Waals surface area contributed by atoms with E-state index in [0.29, 0.717) is 22.3 Å². The predicted octanol–water partition coefficient (Wildman–Crippen LogP) is 4.93. The van der Waals surface area contributed by atoms with E-state index in [2.05, 4.69) is 4.98 Å². The van der Waals surface area contributed by atoms with Crippen molar-refractivity contribution in [1.82, 2.24) is 18.9 Å². The number of para-hydroxylation sites is 1. The zero-order valence-electron chi connectivity index (χ0n) is 18.7. The summed E-state index contributed by atoms with van der Waals surface area (Å²) in [4.78, 5) is 38.3. The molecule has 0 spiro atoms. The number of benzene rings is 1. The van der Waals surface area contributed by atoms with Gasteiger partial charge in [0.05, 0.1) is 16.8 Å². The van der Waals surface area contributed by atoms with Crippen molar-refractivity contribution in [3.05, 3.63) is 97.1 Å². The van der Waals surface area contributed by atoms with E-state index in [1.165, 1.54) is 22.2 Å². The molecule has 0 fully saturated rings. The maximum absolute atomic E-state index is 13.8. The molecule has 170 valence electrons. The number of hydrogen-bond donors (Lipinski definition) is 0. The van der Waals surface area contributed by atoms with Crippen LogP contribution in [0.25, 0.3) is 21.6 Å². The van der Waals surface area contributed by atoms with Crippen LogP contribution in [0.1, 0.15) is 34.7 Å². The first-order valence-corrected chi connectivity index (χ1v) is 13.1. The third kappa shape index (κ3) is 3.58. The maximum atomic E-state index is 13.8. The van der Waals surface area contributed by atoms with Crippen molar-refractivity contribution in [3.63, 3.8) is 0 Å². The van der Waals surface area contributed by atoms with Gasteiger partial charge in [0.15, 0.2) is 5.16 Å². The normalized spacial score (nSPS) is 13.4. The number of nitrogens with zero attached hydrogens (tertiary/aromatic N) is 4. The minimum Gasteiger partial charge on any atom is -0.269 e. The van der Waals surface area contributed by atoms with Crippen LogP contribution < -0.4 is 11.1 Å². The van der Waals surface area contributed by atoms with Crippen LogP contribution in [0.3, 0.4) is 0 Å². The van der Waals surface area contributed by atoms with Crippen molar-refractivity contribution < 1.29 is 0 Å². The Hall–Kier alpha value is -3.23. The molecule has 6 rings (SSSR count). The van der Waals surface area contributed by atoms with E-state index in [-0.39, 0.29) is 11.1 Å². The fourth-order valence-electron chi connectivity index (χ4n) is 4.66. The van der Waals surface area contributed by atoms with E-state index < -0.39 is 0 Å². The van der Waals surface area contributed by atoms with E-state index in [1.807, 2.05) is 55.5 Å². The fourth-order valence-corrected chi connectivity index (χ4v) is 6.87. The number of thioether (sulfide) groups is 1. The van der Waals surface area contributed by atoms with Crippen molar-refractivity contribution in [3.8, 4) is 5.69 Å². The van der Waals surface area contributed by atoms with E-state index >= 15 is 0 Å². The van der Waals surface area contributed by atoms with Crippen LogP contribution in [0.5, 0.6) is 0 Å². The molecule has 0 bridgehead atoms. The molecule has 6 nitrogen and oxygen atoms in total. The lowest BCUT2D eigenvalue weighted by molar-refractivity contribution is 0.699. The van der Waals surface area contributed by atoms with Crippen LogP contribution in [-0.2, 0) is 18.6 Å². The van der Waals surface area contributed by atoms with Crippen molar-refractivity contribution in [2.75, 3.05) is 0 Å². The van der Waals surface area contributed by atoms with Crippen molar-refractivity contribution in [2.24, 2.45) is 0 Å². The molecule has 4 aromatic heterocycles. The van der Waals surface area contributed by atoms with Gasteiger partial charge < -0.3 is 0 Å². The zero-order valence-corrected chi connectivity index (χ0v) is 20.3. The summed E-state index contributed by atoms with van der Waals surface area (Å²) < 4.78 is 3.32. The molecule has 1 aromatic carbocycles. The lowest BCUT2D eigenvalue weighted by Crippen LogP contribution is -2.22. The summed E-state index contributed by atoms with van der Waals surface area (Å²) in [5, 5.41) is 1.39. The first kappa shape index (κ1) is 21.3. The molecule has 0 saturated heterocycles. The molecule has 5 aromatic rings. The number of thiophene rings is 1. The van der Waals surface area contributed by atoms with Crippen LogP contribution in [0.4, 0.5) is 0 Å². The van der Waals surface area contributed by atoms with Gasteiger partial charge in [-0.05, 0) is 62.4 Å². The summed E-state index contributed by atoms with van der Waals surface area (Å²) >= 11 is 3.09. The van der Waals surface area contributed by atoms with Crippen LogP contribution >= 0.6 is 23.1 Å². The Morgan fingerprint density at radius 2 is 1.82 bits per heavy atom. The van der Waals surface area contributed by atoms with Gasteiger partial charge in [0.25, 0.3) is 11.1 Å². The third-order valence-corrected chi connectivity index (χ3v) is 8.41. The number of fused-ring (bicyclic) bond motifs is 4. The second-order valence-corrected chi connectivity index (χ2v) is 10.5. The van der Waals surface area contributed by atoms with Crippen molar-refractivity contribution in [1.29, 1.82) is 0 Å². The molecule has 1 aliphatic carbocycles. The summed E-state index contributed by atoms with van der Waals surface area (Å²) in [5.74, 6) is 0.440. The highest BCUT2D eigenvalue weighted by molar-refractivity contribution is 7.98. The van der Waals surface area contributed by atoms with Gasteiger partial charge >= 0.3 is 0 Å². The topological polar surface area (TPSA) is 69.3 Å². The number of aryl methyl sites for hydroxylation is 3. The fraction of sp³-hybridized carbons (Fsp3) is 0.231. The van der Waals surface area contributed by atoms with Gasteiger partial charge in [0.1, 0.15) is 10.5 Å². The molecule has 0 amide bonds. The second-order valence-electron chi connectivity index (χ2n) is 8.50. The lowest BCUT2D eigenvalue weighted by Gasteiger charge is -2.13. The highest BCUT2D eigenvalue weighted by atomic mass is 32.2. The zero-order chi connectivity index (χ0) is 23.2. The van der Waals surface area contributed by atoms with Gasteiger partial charge in [-0.25, -0.2) is 9.97 Å². The minimum atomic E-state index is -0.103. The summed E-state index contributed by atoms with van der Waals surface area (Å²) in [5.41, 5.74) is 4.00. The van der Waals surface area contributed by atoms with Gasteiger partial charge in [-0.2, -0.15) is 0 Å². The predicted molar refractivity (Wildman–Crippen MR) is 138 cm³/mol. The maximum Gasteiger partial charge on any atom is 0.267 e. The molecule has 0 atom stereocenters. The molecular weight excluding hydrogens is 464 g/mol. The summed E-state index contributed by atoms with van der Waals surface area (Å²) in [6.45, 7) is 1.89. The number of pyridine rings is 1. The Morgan fingerprint density at radius 3 is 2.68 bits per heavy atom. The third-order valence-electron chi connectivity index (χ3n) is 6.25. The number of aromatic nitrogens is 4. The molecular formula is C26H22N4O2S2. The standard InChI is InChI=1S/C26H22N4O2S2/c1-16-8-7-13-21-27-17(14-22(31)29(16)21)15-33-26-28-24-23(19-11-5-6-12-20(19)34-24)25(32)30(26)18-9-3-2-4-10-18/h2-4,7-10,13-14H,5-6,11-12,15H2,1H3. The molecule has 34 heavy (non-hydrogen) atoms. The molecule has 4 heterocycles. The highest BCUT2D eigenvalue weighted by Crippen LogP contribution is 2.35. The Bertz CT molecular complexity index is 1670. The average molecular weight is 487 g/mol. The lowest BCUT2D eigenvalue weighted by atomic mass is 9.97. The summed E-state index contributed by atoms with van der Waals surface area (Å²) in [7, 11) is 0. The average Bonchev–Trinajstić information content (AvgIpc) is 3.22. The highest BCUT2D eigenvalue weighted by Gasteiger charge is 2.23. The molecule has 0 N–H and O–H groups in total. The second kappa shape index (κ2) is 8.52.